The number of nitrogens with zero attached hydrogens (tertiary/aromatic N) is 3. The molecule has 1 aromatic rings. The molecule has 0 aliphatic rings. The van der Waals surface area contributed by atoms with E-state index in [4.69, 9.17) is 14.2 Å². The van der Waals surface area contributed by atoms with Gasteiger partial charge in [-0.2, -0.15) is 0 Å². The van der Waals surface area contributed by atoms with Crippen molar-refractivity contribution in [3.63, 3.8) is 0 Å². The molecule has 9 heteroatoms. The summed E-state index contributed by atoms with van der Waals surface area (Å²) in [5, 5.41) is 3.78. The SMILES string of the molecule is CCOC(=O)c1c(C=CN(C)C)nc(SC)nc1NC(COC)COC. The molecule has 0 aliphatic carbocycles. The van der Waals surface area contributed by atoms with Crippen LogP contribution < -0.4 is 5.32 Å². The van der Waals surface area contributed by atoms with Crippen LogP contribution >= 0.6 is 11.8 Å². The second kappa shape index (κ2) is 11.7. The Kier molecular flexibility index (Phi) is 10.0. The van der Waals surface area contributed by atoms with Gasteiger partial charge in [0.2, 0.25) is 0 Å². The molecule has 0 spiro atoms. The summed E-state index contributed by atoms with van der Waals surface area (Å²) in [6.45, 7) is 2.82. The van der Waals surface area contributed by atoms with Gasteiger partial charge in [-0.3, -0.25) is 0 Å². The molecule has 146 valence electrons. The van der Waals surface area contributed by atoms with Crippen molar-refractivity contribution in [2.24, 2.45) is 0 Å². The number of thioether (sulfide) groups is 1. The first kappa shape index (κ1) is 22.2. The van der Waals surface area contributed by atoms with Crippen molar-refractivity contribution in [2.75, 3.05) is 59.7 Å². The van der Waals surface area contributed by atoms with Crippen molar-refractivity contribution in [3.8, 4) is 0 Å². The predicted octanol–water partition coefficient (Wildman–Crippen LogP) is 1.98. The number of esters is 1. The average Bonchev–Trinajstić information content (AvgIpc) is 2.60. The van der Waals surface area contributed by atoms with Crippen molar-refractivity contribution < 1.29 is 19.0 Å². The first-order chi connectivity index (χ1) is 12.5. The van der Waals surface area contributed by atoms with E-state index in [1.54, 1.807) is 27.2 Å². The minimum Gasteiger partial charge on any atom is -0.462 e. The Morgan fingerprint density at radius 3 is 2.42 bits per heavy atom. The number of rotatable bonds is 11. The minimum absolute atomic E-state index is 0.173. The molecule has 0 bridgehead atoms. The van der Waals surface area contributed by atoms with Gasteiger partial charge in [-0.05, 0) is 19.3 Å². The van der Waals surface area contributed by atoms with E-state index in [-0.39, 0.29) is 12.6 Å². The molecule has 1 heterocycles. The fraction of sp³-hybridized carbons (Fsp3) is 0.588. The minimum atomic E-state index is -0.477. The van der Waals surface area contributed by atoms with E-state index in [1.165, 1.54) is 11.8 Å². The zero-order valence-corrected chi connectivity index (χ0v) is 17.1. The van der Waals surface area contributed by atoms with Gasteiger partial charge in [-0.1, -0.05) is 11.8 Å². The van der Waals surface area contributed by atoms with E-state index in [0.29, 0.717) is 35.4 Å². The lowest BCUT2D eigenvalue weighted by molar-refractivity contribution is 0.0525. The van der Waals surface area contributed by atoms with Crippen LogP contribution in [0.25, 0.3) is 6.08 Å². The number of hydrogen-bond acceptors (Lipinski definition) is 9. The Labute approximate surface area is 159 Å². The molecule has 1 aromatic heterocycles. The fourth-order valence-corrected chi connectivity index (χ4v) is 2.50. The van der Waals surface area contributed by atoms with Crippen LogP contribution in [0, 0.1) is 0 Å². The van der Waals surface area contributed by atoms with Gasteiger partial charge in [0.05, 0.1) is 31.6 Å². The van der Waals surface area contributed by atoms with Crippen LogP contribution in [0.3, 0.4) is 0 Å². The number of aromatic nitrogens is 2. The Hall–Kier alpha value is -1.84. The van der Waals surface area contributed by atoms with Crippen molar-refractivity contribution in [3.05, 3.63) is 17.5 Å². The molecule has 1 N–H and O–H groups in total. The van der Waals surface area contributed by atoms with Gasteiger partial charge >= 0.3 is 5.97 Å². The molecular formula is C17H28N4O4S. The summed E-state index contributed by atoms with van der Waals surface area (Å²) >= 11 is 1.39. The third kappa shape index (κ3) is 6.81. The summed E-state index contributed by atoms with van der Waals surface area (Å²) in [5.74, 6) is -0.0741. The number of hydrogen-bond donors (Lipinski definition) is 1. The van der Waals surface area contributed by atoms with Gasteiger partial charge in [0.1, 0.15) is 11.4 Å². The van der Waals surface area contributed by atoms with Gasteiger partial charge < -0.3 is 24.4 Å². The maximum atomic E-state index is 12.6. The highest BCUT2D eigenvalue weighted by atomic mass is 32.2. The zero-order chi connectivity index (χ0) is 19.5. The summed E-state index contributed by atoms with van der Waals surface area (Å²) in [4.78, 5) is 23.4. The van der Waals surface area contributed by atoms with Crippen molar-refractivity contribution in [1.82, 2.24) is 14.9 Å². The lowest BCUT2D eigenvalue weighted by Crippen LogP contribution is -2.31. The van der Waals surface area contributed by atoms with E-state index < -0.39 is 5.97 Å². The Bertz CT molecular complexity index is 605. The third-order valence-electron chi connectivity index (χ3n) is 3.19. The van der Waals surface area contributed by atoms with E-state index >= 15 is 0 Å². The maximum absolute atomic E-state index is 12.6. The molecule has 0 unspecified atom stereocenters. The number of nitrogens with one attached hydrogen (secondary N) is 1. The molecule has 0 radical (unpaired) electrons. The molecule has 1 rings (SSSR count). The number of carbonyl (C=O) groups is 1. The smallest absolute Gasteiger partial charge is 0.344 e. The third-order valence-corrected chi connectivity index (χ3v) is 3.73. The molecular weight excluding hydrogens is 356 g/mol. The molecule has 0 saturated heterocycles. The molecule has 0 saturated carbocycles. The van der Waals surface area contributed by atoms with Crippen LogP contribution in [0.5, 0.6) is 0 Å². The number of carbonyl (C=O) groups excluding carboxylic acids is 1. The van der Waals surface area contributed by atoms with Crippen LogP contribution in [0.15, 0.2) is 11.4 Å². The largest absolute Gasteiger partial charge is 0.462 e. The lowest BCUT2D eigenvalue weighted by atomic mass is 10.2. The normalized spacial score (nSPS) is 11.2. The van der Waals surface area contributed by atoms with Gasteiger partial charge in [0, 0.05) is 34.5 Å². The van der Waals surface area contributed by atoms with Crippen molar-refractivity contribution >= 4 is 29.6 Å². The van der Waals surface area contributed by atoms with E-state index in [1.807, 2.05) is 31.5 Å². The van der Waals surface area contributed by atoms with E-state index in [0.717, 1.165) is 0 Å². The molecule has 0 fully saturated rings. The molecule has 0 atom stereocenters. The molecule has 26 heavy (non-hydrogen) atoms. The monoisotopic (exact) mass is 384 g/mol. The van der Waals surface area contributed by atoms with Crippen LogP contribution in [-0.2, 0) is 14.2 Å². The highest BCUT2D eigenvalue weighted by Crippen LogP contribution is 2.24. The van der Waals surface area contributed by atoms with Crippen molar-refractivity contribution in [2.45, 2.75) is 18.1 Å². The number of anilines is 1. The molecule has 0 amide bonds. The van der Waals surface area contributed by atoms with Crippen LogP contribution in [0.2, 0.25) is 0 Å². The second-order valence-corrected chi connectivity index (χ2v) is 6.34. The van der Waals surface area contributed by atoms with Gasteiger partial charge in [0.15, 0.2) is 5.16 Å². The maximum Gasteiger partial charge on any atom is 0.344 e. The molecule has 0 aromatic carbocycles. The second-order valence-electron chi connectivity index (χ2n) is 5.57. The first-order valence-corrected chi connectivity index (χ1v) is 9.41. The lowest BCUT2D eigenvalue weighted by Gasteiger charge is -2.20. The Morgan fingerprint density at radius 2 is 1.92 bits per heavy atom. The van der Waals surface area contributed by atoms with Crippen LogP contribution in [-0.4, -0.2) is 81.3 Å². The van der Waals surface area contributed by atoms with Crippen LogP contribution in [0.1, 0.15) is 23.0 Å². The predicted molar refractivity (Wildman–Crippen MR) is 104 cm³/mol. The van der Waals surface area contributed by atoms with Crippen LogP contribution in [0.4, 0.5) is 5.82 Å². The summed E-state index contributed by atoms with van der Waals surface area (Å²) < 4.78 is 15.6. The Balaban J connectivity index is 3.42. The highest BCUT2D eigenvalue weighted by molar-refractivity contribution is 7.98. The average molecular weight is 385 g/mol. The number of ether oxygens (including phenoxy) is 3. The zero-order valence-electron chi connectivity index (χ0n) is 16.2. The number of methoxy groups -OCH3 is 2. The molecule has 0 aliphatic heterocycles. The van der Waals surface area contributed by atoms with Gasteiger partial charge in [0.25, 0.3) is 0 Å². The summed E-state index contributed by atoms with van der Waals surface area (Å²) in [6.07, 6.45) is 5.46. The van der Waals surface area contributed by atoms with E-state index in [2.05, 4.69) is 15.3 Å². The quantitative estimate of drug-likeness (QED) is 0.350. The summed E-state index contributed by atoms with van der Waals surface area (Å²) in [5.41, 5.74) is 0.785. The topological polar surface area (TPSA) is 85.8 Å². The van der Waals surface area contributed by atoms with Gasteiger partial charge in [-0.15, -0.1) is 0 Å². The Morgan fingerprint density at radius 1 is 1.27 bits per heavy atom. The fourth-order valence-electron chi connectivity index (χ4n) is 2.12. The van der Waals surface area contributed by atoms with Gasteiger partial charge in [-0.25, -0.2) is 14.8 Å². The highest BCUT2D eigenvalue weighted by Gasteiger charge is 2.23. The first-order valence-electron chi connectivity index (χ1n) is 8.18. The van der Waals surface area contributed by atoms with Crippen molar-refractivity contribution in [1.29, 1.82) is 0 Å². The molecule has 8 nitrogen and oxygen atoms in total. The standard InChI is InChI=1S/C17H28N4O4S/c1-7-25-16(22)14-13(8-9-21(2)3)19-17(26-6)20-15(14)18-12(10-23-4)11-24-5/h8-9,12H,7,10-11H2,1-6H3,(H,18,19,20). The van der Waals surface area contributed by atoms with E-state index in [9.17, 15) is 4.79 Å². The summed E-state index contributed by atoms with van der Waals surface area (Å²) in [7, 11) is 7.00. The summed E-state index contributed by atoms with van der Waals surface area (Å²) in [6, 6.07) is -0.173.